The van der Waals surface area contributed by atoms with Crippen molar-refractivity contribution >= 4 is 11.8 Å². The van der Waals surface area contributed by atoms with Gasteiger partial charge in [-0.25, -0.2) is 0 Å². The van der Waals surface area contributed by atoms with Crippen LogP contribution in [0, 0.1) is 0 Å². The van der Waals surface area contributed by atoms with Gasteiger partial charge in [0.25, 0.3) is 0 Å². The van der Waals surface area contributed by atoms with Crippen molar-refractivity contribution in [2.45, 2.75) is 57.0 Å². The maximum atomic E-state index is 12.0. The van der Waals surface area contributed by atoms with Crippen LogP contribution >= 0.6 is 0 Å². The predicted molar refractivity (Wildman–Crippen MR) is 73.7 cm³/mol. The fourth-order valence-corrected chi connectivity index (χ4v) is 3.02. The molecular weight excluding hydrogens is 242 g/mol. The highest BCUT2D eigenvalue weighted by Gasteiger charge is 2.25. The van der Waals surface area contributed by atoms with E-state index in [4.69, 9.17) is 0 Å². The molecule has 2 amide bonds. The van der Waals surface area contributed by atoms with Crippen LogP contribution in [0.4, 0.5) is 0 Å². The molecule has 2 rings (SSSR count). The number of nitrogens with one attached hydrogen (secondary N) is 2. The Kier molecular flexibility index (Phi) is 5.19. The summed E-state index contributed by atoms with van der Waals surface area (Å²) in [5.41, 5.74) is 0. The van der Waals surface area contributed by atoms with Gasteiger partial charge in [-0.3, -0.25) is 14.5 Å². The number of hydrogen-bond acceptors (Lipinski definition) is 3. The van der Waals surface area contributed by atoms with Crippen LogP contribution in [-0.2, 0) is 9.59 Å². The van der Waals surface area contributed by atoms with E-state index in [0.717, 1.165) is 25.8 Å². The fraction of sp³-hybridized carbons (Fsp3) is 0.857. The minimum atomic E-state index is -0.341. The van der Waals surface area contributed by atoms with Crippen LogP contribution < -0.4 is 10.6 Å². The van der Waals surface area contributed by atoms with E-state index >= 15 is 0 Å². The number of hydrogen-bond donors (Lipinski definition) is 2. The first-order valence-electron chi connectivity index (χ1n) is 7.44. The number of likely N-dealkylation sites (N-methyl/N-ethyl adjacent to an activating group) is 1. The quantitative estimate of drug-likeness (QED) is 0.786. The number of carbonyl (C=O) groups excluding carboxylic acids is 2. The molecule has 1 heterocycles. The lowest BCUT2D eigenvalue weighted by Crippen LogP contribution is -2.49. The molecule has 1 aliphatic heterocycles. The summed E-state index contributed by atoms with van der Waals surface area (Å²) in [4.78, 5) is 25.9. The molecule has 108 valence electrons. The molecular formula is C14H25N3O2. The molecule has 0 spiro atoms. The largest absolute Gasteiger partial charge is 0.354 e. The molecule has 0 aromatic rings. The fourth-order valence-electron chi connectivity index (χ4n) is 3.02. The zero-order valence-corrected chi connectivity index (χ0v) is 11.8. The van der Waals surface area contributed by atoms with Crippen LogP contribution in [0.5, 0.6) is 0 Å². The SMILES string of the molecule is CN(CC(=O)N[C@H]1CCCCNC1=O)C1CCCC1. The summed E-state index contributed by atoms with van der Waals surface area (Å²) in [5.74, 6) is -0.0641. The number of nitrogens with zero attached hydrogens (tertiary/aromatic N) is 1. The first-order chi connectivity index (χ1) is 9.16. The van der Waals surface area contributed by atoms with Gasteiger partial charge in [0.15, 0.2) is 0 Å². The van der Waals surface area contributed by atoms with Crippen molar-refractivity contribution in [1.29, 1.82) is 0 Å². The summed E-state index contributed by atoms with van der Waals surface area (Å²) in [5, 5.41) is 5.71. The number of rotatable bonds is 4. The van der Waals surface area contributed by atoms with Crippen molar-refractivity contribution in [3.05, 3.63) is 0 Å². The monoisotopic (exact) mass is 267 g/mol. The van der Waals surface area contributed by atoms with E-state index in [9.17, 15) is 9.59 Å². The Balaban J connectivity index is 1.77. The van der Waals surface area contributed by atoms with Gasteiger partial charge >= 0.3 is 0 Å². The Morgan fingerprint density at radius 3 is 2.68 bits per heavy atom. The molecule has 1 aliphatic carbocycles. The number of amides is 2. The van der Waals surface area contributed by atoms with E-state index in [0.29, 0.717) is 12.6 Å². The third kappa shape index (κ3) is 4.20. The van der Waals surface area contributed by atoms with E-state index in [1.165, 1.54) is 25.7 Å². The van der Waals surface area contributed by atoms with Crippen LogP contribution in [-0.4, -0.2) is 48.9 Å². The molecule has 0 bridgehead atoms. The molecule has 5 nitrogen and oxygen atoms in total. The van der Waals surface area contributed by atoms with Crippen molar-refractivity contribution in [3.63, 3.8) is 0 Å². The molecule has 19 heavy (non-hydrogen) atoms. The van der Waals surface area contributed by atoms with Gasteiger partial charge in [-0.05, 0) is 39.2 Å². The summed E-state index contributed by atoms with van der Waals surface area (Å²) in [6.45, 7) is 1.13. The number of carbonyl (C=O) groups is 2. The minimum Gasteiger partial charge on any atom is -0.354 e. The average Bonchev–Trinajstić information content (AvgIpc) is 2.83. The molecule has 2 N–H and O–H groups in total. The maximum Gasteiger partial charge on any atom is 0.242 e. The summed E-state index contributed by atoms with van der Waals surface area (Å²) >= 11 is 0. The van der Waals surface area contributed by atoms with Gasteiger partial charge in [0.1, 0.15) is 6.04 Å². The topological polar surface area (TPSA) is 61.4 Å². The van der Waals surface area contributed by atoms with Crippen LogP contribution in [0.1, 0.15) is 44.9 Å². The van der Waals surface area contributed by atoms with Gasteiger partial charge in [0, 0.05) is 12.6 Å². The third-order valence-electron chi connectivity index (χ3n) is 4.21. The summed E-state index contributed by atoms with van der Waals surface area (Å²) in [7, 11) is 2.00. The van der Waals surface area contributed by atoms with Gasteiger partial charge in [-0.1, -0.05) is 12.8 Å². The second-order valence-electron chi connectivity index (χ2n) is 5.76. The van der Waals surface area contributed by atoms with E-state index in [1.54, 1.807) is 0 Å². The van der Waals surface area contributed by atoms with Crippen LogP contribution in [0.2, 0.25) is 0 Å². The van der Waals surface area contributed by atoms with E-state index in [-0.39, 0.29) is 17.9 Å². The van der Waals surface area contributed by atoms with E-state index in [1.807, 2.05) is 7.05 Å². The highest BCUT2D eigenvalue weighted by atomic mass is 16.2. The molecule has 0 radical (unpaired) electrons. The van der Waals surface area contributed by atoms with E-state index < -0.39 is 0 Å². The van der Waals surface area contributed by atoms with Gasteiger partial charge < -0.3 is 10.6 Å². The maximum absolute atomic E-state index is 12.0. The molecule has 5 heteroatoms. The summed E-state index contributed by atoms with van der Waals surface area (Å²) in [6.07, 6.45) is 7.65. The first-order valence-corrected chi connectivity index (χ1v) is 7.44. The summed E-state index contributed by atoms with van der Waals surface area (Å²) in [6, 6.07) is 0.195. The van der Waals surface area contributed by atoms with Gasteiger partial charge in [0.05, 0.1) is 6.54 Å². The Hall–Kier alpha value is -1.10. The molecule has 0 aromatic carbocycles. The Morgan fingerprint density at radius 1 is 1.26 bits per heavy atom. The Bertz CT molecular complexity index is 327. The lowest BCUT2D eigenvalue weighted by Gasteiger charge is -2.24. The van der Waals surface area contributed by atoms with Crippen LogP contribution in [0.25, 0.3) is 0 Å². The van der Waals surface area contributed by atoms with Crippen molar-refractivity contribution in [2.24, 2.45) is 0 Å². The molecule has 1 saturated carbocycles. The zero-order chi connectivity index (χ0) is 13.7. The molecule has 0 aromatic heterocycles. The molecule has 1 saturated heterocycles. The zero-order valence-electron chi connectivity index (χ0n) is 11.8. The average molecular weight is 267 g/mol. The first kappa shape index (κ1) is 14.3. The standard InChI is InChI=1S/C14H25N3O2/c1-17(11-6-2-3-7-11)10-13(18)16-12-8-4-5-9-15-14(12)19/h11-12H,2-10H2,1H3,(H,15,19)(H,16,18)/t12-/m0/s1. The Morgan fingerprint density at radius 2 is 1.95 bits per heavy atom. The molecule has 1 atom stereocenters. The van der Waals surface area contributed by atoms with Crippen molar-refractivity contribution < 1.29 is 9.59 Å². The Labute approximate surface area is 115 Å². The van der Waals surface area contributed by atoms with Crippen LogP contribution in [0.3, 0.4) is 0 Å². The lowest BCUT2D eigenvalue weighted by atomic mass is 10.1. The van der Waals surface area contributed by atoms with Gasteiger partial charge in [-0.2, -0.15) is 0 Å². The highest BCUT2D eigenvalue weighted by Crippen LogP contribution is 2.21. The second-order valence-corrected chi connectivity index (χ2v) is 5.76. The van der Waals surface area contributed by atoms with Crippen molar-refractivity contribution in [1.82, 2.24) is 15.5 Å². The van der Waals surface area contributed by atoms with Crippen LogP contribution in [0.15, 0.2) is 0 Å². The lowest BCUT2D eigenvalue weighted by molar-refractivity contribution is -0.129. The van der Waals surface area contributed by atoms with Gasteiger partial charge in [-0.15, -0.1) is 0 Å². The molecule has 2 fully saturated rings. The van der Waals surface area contributed by atoms with Gasteiger partial charge in [0.2, 0.25) is 11.8 Å². The summed E-state index contributed by atoms with van der Waals surface area (Å²) < 4.78 is 0. The highest BCUT2D eigenvalue weighted by molar-refractivity contribution is 5.88. The second kappa shape index (κ2) is 6.89. The smallest absolute Gasteiger partial charge is 0.242 e. The predicted octanol–water partition coefficient (Wildman–Crippen LogP) is 0.646. The molecule has 2 aliphatic rings. The van der Waals surface area contributed by atoms with E-state index in [2.05, 4.69) is 15.5 Å². The molecule has 0 unspecified atom stereocenters. The minimum absolute atomic E-state index is 0.0311. The van der Waals surface area contributed by atoms with Crippen molar-refractivity contribution in [3.8, 4) is 0 Å². The third-order valence-corrected chi connectivity index (χ3v) is 4.21. The normalized spacial score (nSPS) is 25.2. The van der Waals surface area contributed by atoms with Crippen molar-refractivity contribution in [2.75, 3.05) is 20.1 Å².